The van der Waals surface area contributed by atoms with Crippen molar-refractivity contribution in [1.29, 1.82) is 5.53 Å². The normalized spacial score (nSPS) is 25.3. The number of aryl methyl sites for hydroxylation is 2. The van der Waals surface area contributed by atoms with E-state index in [1.54, 1.807) is 31.2 Å². The Morgan fingerprint density at radius 3 is 2.05 bits per heavy atom. The lowest BCUT2D eigenvalue weighted by Gasteiger charge is -2.63. The molecule has 3 aromatic carbocycles. The molecule has 2 bridgehead atoms. The van der Waals surface area contributed by atoms with E-state index in [4.69, 9.17) is 34.4 Å². The van der Waals surface area contributed by atoms with E-state index >= 15 is 4.79 Å². The number of nitrogens with zero attached hydrogens (tertiary/aromatic N) is 7. The smallest absolute Gasteiger partial charge is 0.496 e. The number of aromatic amines is 2. The standard InChI is InChI=1S/C86H113N13O25S2.2CO2/c1-7-83(121)36-45-35-82(4,70-51(22-26-97(38-45)42-83)50-12-9-10-13-54(50)91-70)53-33-52-55(34-61(53)123-6)96(5)77-85(52)24-27-98-25-11-23-84(8-2,76(85)98)78(118)86(77,122)79(119)99(88)81(120)124-28-29-125-126-41-48(75(116)117)32-58(104)64(69(111)67(109)60(106)40-101)93-72(112)43(3)30-57(103)63(68(110)66(108)59(105)39-100)92-62(107)21-19-47(74(114)115)31-56(102)46-17-14-44(15-18-46)16-20-49-37-89-71-65(90-49)73(113)95-80(87)94-71;2*2-1-3/h9-10,12-15,17-18,33-34,37,43,45,47-48,59-60,63-64,66-69,76-78,88,91,100-101,105-106,108-111,118,121-122H,7-8,11,16,19-32,35-36,38-42H2,1-6H3,(H6-,87,89,92,93,94,95,107,112,113,114,115,116,117);;/p+1/t43-,45+,47-,48+,59-,60-,63-,64-,66-,67-,68-,69-,76+,77-,78-,82-,83+,84-,85-,86+;;/m1../s1. The molecule has 44 heteroatoms. The number of aromatic nitrogens is 5. The van der Waals surface area contributed by atoms with Gasteiger partial charge in [0.25, 0.3) is 5.56 Å². The average Bonchev–Trinajstić information content (AvgIpc) is 1.47. The molecule has 4 fully saturated rings. The maximum atomic E-state index is 15.5. The second-order valence-corrected chi connectivity index (χ2v) is 37.7. The molecule has 21 atom stereocenters. The van der Waals surface area contributed by atoms with E-state index in [-0.39, 0.29) is 51.3 Å². The first-order chi connectivity index (χ1) is 62.6. The number of fused-ring (bicyclic) bond motifs is 7. The summed E-state index contributed by atoms with van der Waals surface area (Å²) in [6, 6.07) is 12.3. The van der Waals surface area contributed by atoms with Crippen molar-refractivity contribution >= 4 is 121 Å². The van der Waals surface area contributed by atoms with Crippen LogP contribution in [0.4, 0.5) is 16.4 Å². The number of para-hydroxylation sites is 1. The van der Waals surface area contributed by atoms with Gasteiger partial charge in [0.05, 0.1) is 60.4 Å². The van der Waals surface area contributed by atoms with Gasteiger partial charge in [-0.15, -0.1) is 0 Å². The number of aliphatic hydroxyl groups excluding tert-OH is 9. The number of ketones is 3. The minimum absolute atomic E-state index is 0.0100. The molecule has 1 saturated carbocycles. The maximum Gasteiger partial charge on any atom is 0.631 e. The first kappa shape index (κ1) is 103. The van der Waals surface area contributed by atoms with Crippen LogP contribution in [-0.4, -0.2) is 328 Å². The number of imide groups is 1. The van der Waals surface area contributed by atoms with Crippen LogP contribution in [-0.2, 0) is 87.6 Å². The zero-order valence-corrected chi connectivity index (χ0v) is 75.2. The summed E-state index contributed by atoms with van der Waals surface area (Å²) >= 11 is 0. The van der Waals surface area contributed by atoms with E-state index in [2.05, 4.69) is 70.5 Å². The number of nitrogen functional groups attached to an aromatic ring is 1. The molecule has 6 aliphatic rings. The fraction of sp³-hybridized carbons (Fsp3) is 0.580. The highest BCUT2D eigenvalue weighted by atomic mass is 33.1. The highest BCUT2D eigenvalue weighted by Gasteiger charge is 2.81. The van der Waals surface area contributed by atoms with Crippen LogP contribution >= 0.6 is 21.6 Å². The number of hydrogen-bond acceptors (Lipinski definition) is 37. The third-order valence-corrected chi connectivity index (χ3v) is 29.6. The molecule has 12 rings (SSSR count). The number of amides is 4. The topological polar surface area (TPSA) is 677 Å². The molecule has 3 aromatic heterocycles. The van der Waals surface area contributed by atoms with Gasteiger partial charge in [-0.3, -0.25) is 53.1 Å². The van der Waals surface area contributed by atoms with E-state index in [0.717, 1.165) is 80.5 Å². The van der Waals surface area contributed by atoms with Gasteiger partial charge >= 0.3 is 36.2 Å². The molecule has 20 N–H and O–H groups in total. The predicted octanol–water partition coefficient (Wildman–Crippen LogP) is -0.238. The molecule has 6 aromatic rings. The number of carbonyl (C=O) groups excluding carboxylic acids is 11. The zero-order chi connectivity index (χ0) is 97.0. The molecule has 42 nitrogen and oxygen atoms in total. The van der Waals surface area contributed by atoms with Gasteiger partial charge in [0.1, 0.15) is 67.2 Å². The van der Waals surface area contributed by atoms with Gasteiger partial charge in [0.15, 0.2) is 28.5 Å². The van der Waals surface area contributed by atoms with Gasteiger partial charge < -0.3 is 102 Å². The molecular weight excluding hydrogens is 1770 g/mol. The van der Waals surface area contributed by atoms with Gasteiger partial charge in [-0.25, -0.2) is 14.8 Å². The summed E-state index contributed by atoms with van der Waals surface area (Å²) in [6.07, 6.45) is -14.4. The summed E-state index contributed by atoms with van der Waals surface area (Å²) < 4.78 is 11.9. The lowest BCUT2D eigenvalue weighted by Crippen LogP contribution is -2.82. The number of ether oxygens (including phenoxy) is 2. The van der Waals surface area contributed by atoms with Crippen molar-refractivity contribution in [2.45, 2.75) is 213 Å². The molecule has 132 heavy (non-hydrogen) atoms. The number of carboxylic acid groups (broad SMARTS) is 2. The van der Waals surface area contributed by atoms with Gasteiger partial charge in [-0.05, 0) is 131 Å². The lowest BCUT2D eigenvalue weighted by molar-refractivity contribution is -0.475. The first-order valence-corrected chi connectivity index (χ1v) is 45.8. The molecule has 1 spiro atoms. The number of benzene rings is 3. The summed E-state index contributed by atoms with van der Waals surface area (Å²) in [5.41, 5.74) is 14.2. The van der Waals surface area contributed by atoms with E-state index in [9.17, 15) is 115 Å². The van der Waals surface area contributed by atoms with E-state index in [0.29, 0.717) is 101 Å². The summed E-state index contributed by atoms with van der Waals surface area (Å²) in [5.74, 6) is -15.0. The van der Waals surface area contributed by atoms with E-state index in [1.807, 2.05) is 32.0 Å². The second-order valence-electron chi connectivity index (χ2n) is 35.1. The molecule has 716 valence electrons. The fourth-order valence-corrected chi connectivity index (χ4v) is 22.8. The Morgan fingerprint density at radius 1 is 0.773 bits per heavy atom. The summed E-state index contributed by atoms with van der Waals surface area (Å²) in [4.78, 5) is 195. The number of carbonyl (C=O) groups is 9. The quantitative estimate of drug-likeness (QED) is 0.00778. The van der Waals surface area contributed by atoms with Crippen molar-refractivity contribution in [3.05, 3.63) is 116 Å². The zero-order valence-electron chi connectivity index (χ0n) is 73.6. The minimum atomic E-state index is -2.84. The number of rotatable bonds is 39. The van der Waals surface area contributed by atoms with Crippen LogP contribution in [0.3, 0.4) is 0 Å². The van der Waals surface area contributed by atoms with Gasteiger partial charge in [-0.1, -0.05) is 84.8 Å². The number of nitrogens with one attached hydrogen (secondary N) is 5. The molecule has 4 amide bonds. The Labute approximate surface area is 763 Å². The van der Waals surface area contributed by atoms with Crippen LogP contribution in [0.15, 0.2) is 71.7 Å². The number of H-pyrrole nitrogens is 2. The Balaban J connectivity index is 0.00000293. The number of aliphatic carboxylic acids is 2. The third-order valence-electron chi connectivity index (χ3n) is 27.1. The average molecular weight is 1880 g/mol. The van der Waals surface area contributed by atoms with Crippen molar-refractivity contribution in [2.75, 3.05) is 88.8 Å². The summed E-state index contributed by atoms with van der Waals surface area (Å²) in [5, 5.41) is 149. The van der Waals surface area contributed by atoms with Gasteiger partial charge in [0, 0.05) is 132 Å². The van der Waals surface area contributed by atoms with E-state index < -0.39 is 228 Å². The number of methoxy groups -OCH3 is 1. The monoisotopic (exact) mass is 1880 g/mol. The van der Waals surface area contributed by atoms with Crippen LogP contribution in [0.5, 0.6) is 5.75 Å². The van der Waals surface area contributed by atoms with Crippen molar-refractivity contribution in [3.8, 4) is 5.75 Å². The molecule has 8 heterocycles. The first-order valence-electron chi connectivity index (χ1n) is 43.3. The molecule has 5 aliphatic heterocycles. The Kier molecular flexibility index (Phi) is 34.5. The van der Waals surface area contributed by atoms with Gasteiger partial charge in [-0.2, -0.15) is 29.0 Å². The van der Waals surface area contributed by atoms with E-state index in [1.165, 1.54) is 18.3 Å². The molecular formula is C88H114N13O29S2+. The number of likely N-dealkylation sites (N-methyl/N-ethyl adjacent to an activating group) is 1. The Hall–Kier alpha value is -10.6. The van der Waals surface area contributed by atoms with Crippen molar-refractivity contribution in [1.82, 2.24) is 45.4 Å². The highest BCUT2D eigenvalue weighted by molar-refractivity contribution is 8.76. The fourth-order valence-electron chi connectivity index (χ4n) is 20.7. The number of anilines is 2. The van der Waals surface area contributed by atoms with Gasteiger partial charge in [0.2, 0.25) is 23.4 Å². The molecule has 1 aliphatic carbocycles. The predicted molar refractivity (Wildman–Crippen MR) is 466 cm³/mol. The molecule has 1 unspecified atom stereocenters. The molecule has 0 radical (unpaired) electrons. The number of hydrogen-bond donors (Lipinski definition) is 19. The minimum Gasteiger partial charge on any atom is -0.496 e. The van der Waals surface area contributed by atoms with Crippen LogP contribution in [0.2, 0.25) is 0 Å². The Morgan fingerprint density at radius 2 is 1.42 bits per heavy atom. The van der Waals surface area contributed by atoms with Crippen LogP contribution in [0.25, 0.3) is 22.1 Å². The number of aliphatic hydroxyl groups is 11. The number of Topliss-reactive ketones (excluding diaryl/α,β-unsaturated/α-hetero) is 3. The Bertz CT molecular complexity index is 5380. The highest BCUT2D eigenvalue weighted by Crippen LogP contribution is 2.69. The van der Waals surface area contributed by atoms with Crippen LogP contribution < -0.4 is 31.6 Å². The second kappa shape index (κ2) is 44.0. The third kappa shape index (κ3) is 21.4. The number of nitrogens with two attached hydrogens (primary N) is 1. The van der Waals surface area contributed by atoms with Crippen molar-refractivity contribution in [2.24, 2.45) is 29.1 Å². The largest absolute Gasteiger partial charge is 0.631 e. The SMILES string of the molecule is CC[C@]1(O)C[C@H]2CN(CCc3c([nH]c4ccccc34)[C@@](C)(c3cc4c(cc3OC)N(C)[C@H]3[C@@](O)(C(=O)[N+](=N)C(=O)OCCSSC[C@H](CC(=O)[C@@H](NC(=O)[C@H](C)CC(=O)[C@@H](NC(=O)CC[C@H](CC(=O)c5ccc(CCc6cnc7nc(N)[nH]c(=O)c7n6)cc5)C(=O)O)[C@@H](O)[C@H](O)[C@H](O)CO)[C@@H](O)[C@H](O)[C@H](O)CO)C(=O)O)[C@H](O)[C@]5(CC)CCCN6CC[C@]43[C@@H]65)C2)C1.O=C=O.O=C=O. The van der Waals surface area contributed by atoms with Crippen LogP contribution in [0, 0.1) is 34.6 Å². The number of piperidine rings is 2. The summed E-state index contributed by atoms with van der Waals surface area (Å²) in [7, 11) is 5.09. The van der Waals surface area contributed by atoms with Crippen LogP contribution in [0.1, 0.15) is 149 Å². The van der Waals surface area contributed by atoms with Crippen molar-refractivity contribution < 1.29 is 143 Å². The van der Waals surface area contributed by atoms with Crippen molar-refractivity contribution in [3.63, 3.8) is 0 Å². The lowest BCUT2D eigenvalue weighted by atomic mass is 9.46. The summed E-state index contributed by atoms with van der Waals surface area (Å²) in [6.45, 7) is 7.60. The molecule has 3 saturated heterocycles. The maximum absolute atomic E-state index is 15.5. The number of carboxylic acids is 2.